The molecular formula is C18H17F3N6O. The number of anilines is 1. The SMILES string of the molecule is Cc1c(C(F)(F)F)nc2ccc(C=Cc3nc(N4CCCC4=O)cn3C)nn12. The number of hydrogen-bond acceptors (Lipinski definition) is 4. The normalized spacial score (nSPS) is 15.5. The zero-order valence-corrected chi connectivity index (χ0v) is 15.2. The Morgan fingerprint density at radius 1 is 1.18 bits per heavy atom. The van der Waals surface area contributed by atoms with E-state index < -0.39 is 11.9 Å². The first kappa shape index (κ1) is 18.2. The number of imidazole rings is 2. The van der Waals surface area contributed by atoms with Gasteiger partial charge in [-0.2, -0.15) is 18.3 Å². The molecule has 1 aliphatic heterocycles. The quantitative estimate of drug-likeness (QED) is 0.689. The highest BCUT2D eigenvalue weighted by atomic mass is 19.4. The molecule has 1 aliphatic rings. The number of nitrogens with zero attached hydrogens (tertiary/aromatic N) is 6. The van der Waals surface area contributed by atoms with Gasteiger partial charge in [-0.1, -0.05) is 0 Å². The summed E-state index contributed by atoms with van der Waals surface area (Å²) in [6.07, 6.45) is 1.95. The summed E-state index contributed by atoms with van der Waals surface area (Å²) in [5.41, 5.74) is -0.410. The van der Waals surface area contributed by atoms with Crippen LogP contribution in [0.15, 0.2) is 18.3 Å². The minimum Gasteiger partial charge on any atom is -0.332 e. The van der Waals surface area contributed by atoms with Crippen molar-refractivity contribution < 1.29 is 18.0 Å². The van der Waals surface area contributed by atoms with Crippen molar-refractivity contribution in [2.75, 3.05) is 11.4 Å². The van der Waals surface area contributed by atoms with Crippen molar-refractivity contribution in [1.82, 2.24) is 24.1 Å². The maximum absolute atomic E-state index is 13.0. The Balaban J connectivity index is 1.63. The number of aryl methyl sites for hydroxylation is 2. The van der Waals surface area contributed by atoms with E-state index >= 15 is 0 Å². The molecule has 0 aromatic carbocycles. The number of halogens is 3. The summed E-state index contributed by atoms with van der Waals surface area (Å²) < 4.78 is 42.0. The first-order chi connectivity index (χ1) is 13.2. The van der Waals surface area contributed by atoms with Crippen molar-refractivity contribution in [2.45, 2.75) is 25.9 Å². The lowest BCUT2D eigenvalue weighted by Crippen LogP contribution is -2.23. The van der Waals surface area contributed by atoms with Gasteiger partial charge >= 0.3 is 6.18 Å². The summed E-state index contributed by atoms with van der Waals surface area (Å²) in [4.78, 5) is 21.6. The molecular weight excluding hydrogens is 373 g/mol. The fraction of sp³-hybridized carbons (Fsp3) is 0.333. The van der Waals surface area contributed by atoms with E-state index in [1.54, 1.807) is 33.9 Å². The summed E-state index contributed by atoms with van der Waals surface area (Å²) in [6, 6.07) is 3.08. The number of hydrogen-bond donors (Lipinski definition) is 0. The highest BCUT2D eigenvalue weighted by molar-refractivity contribution is 5.94. The maximum Gasteiger partial charge on any atom is 0.435 e. The Kier molecular flexibility index (Phi) is 4.20. The highest BCUT2D eigenvalue weighted by Gasteiger charge is 2.36. The molecule has 0 radical (unpaired) electrons. The molecule has 3 aromatic heterocycles. The second kappa shape index (κ2) is 6.47. The van der Waals surface area contributed by atoms with Crippen LogP contribution in [0.25, 0.3) is 17.8 Å². The summed E-state index contributed by atoms with van der Waals surface area (Å²) >= 11 is 0. The van der Waals surface area contributed by atoms with Crippen molar-refractivity contribution >= 4 is 29.5 Å². The van der Waals surface area contributed by atoms with Crippen LogP contribution < -0.4 is 4.90 Å². The molecule has 0 atom stereocenters. The molecule has 1 fully saturated rings. The fourth-order valence-electron chi connectivity index (χ4n) is 3.21. The Morgan fingerprint density at radius 2 is 1.96 bits per heavy atom. The minimum absolute atomic E-state index is 0.0526. The number of fused-ring (bicyclic) bond motifs is 1. The third kappa shape index (κ3) is 3.14. The second-order valence-electron chi connectivity index (χ2n) is 6.62. The first-order valence-electron chi connectivity index (χ1n) is 8.69. The van der Waals surface area contributed by atoms with E-state index in [1.165, 1.54) is 17.5 Å². The summed E-state index contributed by atoms with van der Waals surface area (Å²) in [5.74, 6) is 1.25. The van der Waals surface area contributed by atoms with E-state index in [2.05, 4.69) is 15.1 Å². The standard InChI is InChI=1S/C18H17F3N6O/c1-11-17(18(19,20)21)23-14-8-6-12(24-27(11)14)5-7-13-22-15(10-25(13)2)26-9-3-4-16(26)28/h5-8,10H,3-4,9H2,1-2H3. The summed E-state index contributed by atoms with van der Waals surface area (Å²) in [5, 5.41) is 4.22. The number of carbonyl (C=O) groups excluding carboxylic acids is 1. The number of amides is 1. The van der Waals surface area contributed by atoms with Crippen LogP contribution >= 0.6 is 0 Å². The average Bonchev–Trinajstić information content (AvgIpc) is 3.30. The molecule has 28 heavy (non-hydrogen) atoms. The van der Waals surface area contributed by atoms with Gasteiger partial charge in [-0.05, 0) is 37.6 Å². The molecule has 7 nitrogen and oxygen atoms in total. The molecule has 10 heteroatoms. The highest BCUT2D eigenvalue weighted by Crippen LogP contribution is 2.31. The second-order valence-corrected chi connectivity index (χ2v) is 6.62. The summed E-state index contributed by atoms with van der Waals surface area (Å²) in [6.45, 7) is 1.99. The lowest BCUT2D eigenvalue weighted by atomic mass is 10.3. The molecule has 0 bridgehead atoms. The molecule has 1 saturated heterocycles. The zero-order chi connectivity index (χ0) is 20.1. The van der Waals surface area contributed by atoms with Gasteiger partial charge in [0.15, 0.2) is 17.2 Å². The van der Waals surface area contributed by atoms with Gasteiger partial charge in [-0.3, -0.25) is 9.69 Å². The molecule has 0 spiro atoms. The lowest BCUT2D eigenvalue weighted by Gasteiger charge is -2.10. The zero-order valence-electron chi connectivity index (χ0n) is 15.2. The number of alkyl halides is 3. The average molecular weight is 390 g/mol. The molecule has 3 aromatic rings. The maximum atomic E-state index is 13.0. The molecule has 0 aliphatic carbocycles. The van der Waals surface area contributed by atoms with Crippen LogP contribution in [0.2, 0.25) is 0 Å². The van der Waals surface area contributed by atoms with Crippen molar-refractivity contribution in [2.24, 2.45) is 7.05 Å². The third-order valence-electron chi connectivity index (χ3n) is 4.64. The van der Waals surface area contributed by atoms with E-state index in [-0.39, 0.29) is 17.2 Å². The van der Waals surface area contributed by atoms with Gasteiger partial charge in [0.25, 0.3) is 0 Å². The first-order valence-corrected chi connectivity index (χ1v) is 8.69. The van der Waals surface area contributed by atoms with E-state index in [0.717, 1.165) is 6.42 Å². The van der Waals surface area contributed by atoms with Gasteiger partial charge in [0.1, 0.15) is 5.82 Å². The molecule has 0 N–H and O–H groups in total. The Morgan fingerprint density at radius 3 is 2.64 bits per heavy atom. The van der Waals surface area contributed by atoms with Crippen LogP contribution in [-0.2, 0) is 18.0 Å². The largest absolute Gasteiger partial charge is 0.435 e. The molecule has 1 amide bonds. The Bertz CT molecular complexity index is 1090. The van der Waals surface area contributed by atoms with Crippen LogP contribution in [-0.4, -0.2) is 36.6 Å². The molecule has 146 valence electrons. The van der Waals surface area contributed by atoms with Crippen LogP contribution in [0, 0.1) is 6.92 Å². The van der Waals surface area contributed by atoms with Gasteiger partial charge in [-0.25, -0.2) is 14.5 Å². The number of aromatic nitrogens is 5. The Hall–Kier alpha value is -3.17. The van der Waals surface area contributed by atoms with Gasteiger partial charge in [0.2, 0.25) is 5.91 Å². The molecule has 0 unspecified atom stereocenters. The van der Waals surface area contributed by atoms with Gasteiger partial charge in [0, 0.05) is 26.2 Å². The smallest absolute Gasteiger partial charge is 0.332 e. The van der Waals surface area contributed by atoms with Crippen LogP contribution in [0.5, 0.6) is 0 Å². The van der Waals surface area contributed by atoms with E-state index in [1.807, 2.05) is 7.05 Å². The van der Waals surface area contributed by atoms with Crippen molar-refractivity contribution in [3.63, 3.8) is 0 Å². The predicted octanol–water partition coefficient (Wildman–Crippen LogP) is 3.09. The Labute approximate surface area is 158 Å². The topological polar surface area (TPSA) is 68.3 Å². The monoisotopic (exact) mass is 390 g/mol. The third-order valence-corrected chi connectivity index (χ3v) is 4.64. The van der Waals surface area contributed by atoms with Crippen molar-refractivity contribution in [1.29, 1.82) is 0 Å². The van der Waals surface area contributed by atoms with Gasteiger partial charge in [0.05, 0.1) is 11.4 Å². The van der Waals surface area contributed by atoms with Crippen LogP contribution in [0.1, 0.15) is 35.7 Å². The van der Waals surface area contributed by atoms with E-state index in [4.69, 9.17) is 0 Å². The van der Waals surface area contributed by atoms with Crippen molar-refractivity contribution in [3.05, 3.63) is 41.2 Å². The molecule has 0 saturated carbocycles. The fourth-order valence-corrected chi connectivity index (χ4v) is 3.21. The molecule has 4 heterocycles. The molecule has 4 rings (SSSR count). The lowest BCUT2D eigenvalue weighted by molar-refractivity contribution is -0.141. The number of carbonyl (C=O) groups is 1. The minimum atomic E-state index is -4.52. The van der Waals surface area contributed by atoms with Crippen molar-refractivity contribution in [3.8, 4) is 0 Å². The van der Waals surface area contributed by atoms with Gasteiger partial charge in [-0.15, -0.1) is 0 Å². The van der Waals surface area contributed by atoms with Crippen LogP contribution in [0.3, 0.4) is 0 Å². The predicted molar refractivity (Wildman–Crippen MR) is 96.4 cm³/mol. The van der Waals surface area contributed by atoms with Crippen LogP contribution in [0.4, 0.5) is 19.0 Å². The van der Waals surface area contributed by atoms with E-state index in [9.17, 15) is 18.0 Å². The van der Waals surface area contributed by atoms with Gasteiger partial charge < -0.3 is 4.57 Å². The summed E-state index contributed by atoms with van der Waals surface area (Å²) in [7, 11) is 1.81. The number of rotatable bonds is 3. The van der Waals surface area contributed by atoms with E-state index in [0.29, 0.717) is 30.3 Å².